The molecule has 20 heavy (non-hydrogen) atoms. The third kappa shape index (κ3) is 3.23. The van der Waals surface area contributed by atoms with E-state index >= 15 is 0 Å². The van der Waals surface area contributed by atoms with Crippen molar-refractivity contribution < 1.29 is 4.74 Å². The lowest BCUT2D eigenvalue weighted by atomic mass is 10.1. The van der Waals surface area contributed by atoms with Crippen molar-refractivity contribution in [3.8, 4) is 0 Å². The van der Waals surface area contributed by atoms with Gasteiger partial charge >= 0.3 is 0 Å². The number of hydrogen-bond donors (Lipinski definition) is 1. The molecule has 0 atom stereocenters. The second-order valence-corrected chi connectivity index (χ2v) is 4.97. The summed E-state index contributed by atoms with van der Waals surface area (Å²) in [4.78, 5) is 7.06. The molecule has 2 N–H and O–H groups in total. The van der Waals surface area contributed by atoms with Gasteiger partial charge in [0.25, 0.3) is 0 Å². The van der Waals surface area contributed by atoms with Crippen molar-refractivity contribution in [3.63, 3.8) is 0 Å². The van der Waals surface area contributed by atoms with Gasteiger partial charge in [0.1, 0.15) is 10.8 Å². The van der Waals surface area contributed by atoms with E-state index in [0.717, 1.165) is 28.8 Å². The van der Waals surface area contributed by atoms with Gasteiger partial charge in [-0.05, 0) is 19.1 Å². The molecule has 0 saturated carbocycles. The zero-order valence-corrected chi connectivity index (χ0v) is 12.6. The molecular weight excluding hydrogens is 270 g/mol. The second-order valence-electron chi connectivity index (χ2n) is 4.53. The van der Waals surface area contributed by atoms with Crippen molar-refractivity contribution in [2.24, 2.45) is 5.73 Å². The van der Waals surface area contributed by atoms with Crippen molar-refractivity contribution in [1.29, 1.82) is 0 Å². The van der Waals surface area contributed by atoms with Gasteiger partial charge in [-0.25, -0.2) is 4.98 Å². The smallest absolute Gasteiger partial charge is 0.139 e. The van der Waals surface area contributed by atoms with Crippen molar-refractivity contribution in [2.45, 2.75) is 6.92 Å². The zero-order chi connectivity index (χ0) is 14.5. The van der Waals surface area contributed by atoms with E-state index in [-0.39, 0.29) is 0 Å². The number of nitrogens with two attached hydrogens (primary N) is 1. The third-order valence-corrected chi connectivity index (χ3v) is 3.33. The predicted molar refractivity (Wildman–Crippen MR) is 87.4 cm³/mol. The van der Waals surface area contributed by atoms with E-state index in [4.69, 9.17) is 22.7 Å². The van der Waals surface area contributed by atoms with Gasteiger partial charge in [0, 0.05) is 25.6 Å². The minimum Gasteiger partial charge on any atom is -0.389 e. The minimum absolute atomic E-state index is 0.363. The van der Waals surface area contributed by atoms with Gasteiger partial charge in [-0.2, -0.15) is 0 Å². The van der Waals surface area contributed by atoms with Gasteiger partial charge in [-0.1, -0.05) is 30.4 Å². The first-order valence-corrected chi connectivity index (χ1v) is 7.02. The van der Waals surface area contributed by atoms with E-state index in [1.165, 1.54) is 0 Å². The van der Waals surface area contributed by atoms with Gasteiger partial charge < -0.3 is 15.4 Å². The first kappa shape index (κ1) is 14.7. The molecule has 0 bridgehead atoms. The molecule has 0 amide bonds. The minimum atomic E-state index is 0.363. The molecule has 106 valence electrons. The van der Waals surface area contributed by atoms with Crippen LogP contribution >= 0.6 is 12.2 Å². The number of hydrogen-bond acceptors (Lipinski definition) is 4. The SMILES string of the molecule is CCOCCN(C)c1nc2ccccc2cc1C(N)=S. The Morgan fingerprint density at radius 1 is 1.40 bits per heavy atom. The molecule has 5 heteroatoms. The summed E-state index contributed by atoms with van der Waals surface area (Å²) >= 11 is 5.15. The Labute approximate surface area is 124 Å². The molecule has 4 nitrogen and oxygen atoms in total. The summed E-state index contributed by atoms with van der Waals surface area (Å²) in [5, 5.41) is 1.04. The highest BCUT2D eigenvalue weighted by Crippen LogP contribution is 2.22. The maximum absolute atomic E-state index is 5.83. The summed E-state index contributed by atoms with van der Waals surface area (Å²) in [5.74, 6) is 0.802. The number of thiocarbonyl (C=S) groups is 1. The second kappa shape index (κ2) is 6.63. The number of anilines is 1. The van der Waals surface area contributed by atoms with Crippen LogP contribution in [0.4, 0.5) is 5.82 Å². The lowest BCUT2D eigenvalue weighted by Crippen LogP contribution is -2.26. The fourth-order valence-electron chi connectivity index (χ4n) is 2.03. The largest absolute Gasteiger partial charge is 0.389 e. The standard InChI is InChI=1S/C15H19N3OS/c1-3-19-9-8-18(2)15-12(14(16)20)10-11-6-4-5-7-13(11)17-15/h4-7,10H,3,8-9H2,1-2H3,(H2,16,20). The van der Waals surface area contributed by atoms with E-state index in [1.54, 1.807) is 0 Å². The number of aromatic nitrogens is 1. The fraction of sp³-hybridized carbons (Fsp3) is 0.333. The highest BCUT2D eigenvalue weighted by atomic mass is 32.1. The highest BCUT2D eigenvalue weighted by Gasteiger charge is 2.13. The molecule has 0 saturated heterocycles. The number of ether oxygens (including phenoxy) is 1. The van der Waals surface area contributed by atoms with Crippen LogP contribution < -0.4 is 10.6 Å². The Morgan fingerprint density at radius 3 is 2.85 bits per heavy atom. The van der Waals surface area contributed by atoms with Crippen LogP contribution in [0.2, 0.25) is 0 Å². The average molecular weight is 289 g/mol. The summed E-state index contributed by atoms with van der Waals surface area (Å²) in [6.45, 7) is 4.09. The molecule has 2 rings (SSSR count). The number of rotatable bonds is 6. The van der Waals surface area contributed by atoms with Gasteiger partial charge in [-0.3, -0.25) is 0 Å². The number of likely N-dealkylation sites (N-methyl/N-ethyl adjacent to an activating group) is 1. The summed E-state index contributed by atoms with van der Waals surface area (Å²) < 4.78 is 5.38. The van der Waals surface area contributed by atoms with E-state index in [2.05, 4.69) is 4.98 Å². The number of nitrogens with zero attached hydrogens (tertiary/aromatic N) is 2. The maximum atomic E-state index is 5.83. The normalized spacial score (nSPS) is 10.7. The number of pyridine rings is 1. The molecular formula is C15H19N3OS. The van der Waals surface area contributed by atoms with Crippen LogP contribution in [0.1, 0.15) is 12.5 Å². The molecule has 0 aliphatic carbocycles. The van der Waals surface area contributed by atoms with Crippen molar-refractivity contribution >= 4 is 33.9 Å². The first-order chi connectivity index (χ1) is 9.63. The van der Waals surface area contributed by atoms with Crippen LogP contribution in [0.3, 0.4) is 0 Å². The van der Waals surface area contributed by atoms with Crippen molar-refractivity contribution in [3.05, 3.63) is 35.9 Å². The summed E-state index contributed by atoms with van der Waals surface area (Å²) in [6.07, 6.45) is 0. The fourth-order valence-corrected chi connectivity index (χ4v) is 2.18. The quantitative estimate of drug-likeness (QED) is 0.653. The Kier molecular flexibility index (Phi) is 4.87. The summed E-state index contributed by atoms with van der Waals surface area (Å²) in [7, 11) is 1.97. The average Bonchev–Trinajstić information content (AvgIpc) is 2.46. The van der Waals surface area contributed by atoms with Gasteiger partial charge in [0.15, 0.2) is 0 Å². The predicted octanol–water partition coefficient (Wildman–Crippen LogP) is 2.34. The summed E-state index contributed by atoms with van der Waals surface area (Å²) in [6, 6.07) is 9.94. The Hall–Kier alpha value is -1.72. The van der Waals surface area contributed by atoms with Crippen LogP contribution in [-0.4, -0.2) is 36.8 Å². The molecule has 0 unspecified atom stereocenters. The molecule has 0 radical (unpaired) electrons. The van der Waals surface area contributed by atoms with Gasteiger partial charge in [0.2, 0.25) is 0 Å². The topological polar surface area (TPSA) is 51.4 Å². The third-order valence-electron chi connectivity index (χ3n) is 3.11. The molecule has 0 aliphatic rings. The molecule has 2 aromatic rings. The lowest BCUT2D eigenvalue weighted by molar-refractivity contribution is 0.154. The number of para-hydroxylation sites is 1. The van der Waals surface area contributed by atoms with Crippen LogP contribution in [0, 0.1) is 0 Å². The Bertz CT molecular complexity index is 615. The maximum Gasteiger partial charge on any atom is 0.139 e. The van der Waals surface area contributed by atoms with Crippen LogP contribution in [0.25, 0.3) is 10.9 Å². The van der Waals surface area contributed by atoms with Gasteiger partial charge in [0.05, 0.1) is 17.7 Å². The van der Waals surface area contributed by atoms with Crippen molar-refractivity contribution in [2.75, 3.05) is 31.7 Å². The van der Waals surface area contributed by atoms with Crippen LogP contribution in [-0.2, 0) is 4.74 Å². The monoisotopic (exact) mass is 289 g/mol. The van der Waals surface area contributed by atoms with Gasteiger partial charge in [-0.15, -0.1) is 0 Å². The first-order valence-electron chi connectivity index (χ1n) is 6.62. The number of benzene rings is 1. The van der Waals surface area contributed by atoms with E-state index < -0.39 is 0 Å². The van der Waals surface area contributed by atoms with E-state index in [0.29, 0.717) is 18.2 Å². The molecule has 0 fully saturated rings. The highest BCUT2D eigenvalue weighted by molar-refractivity contribution is 7.80. The molecule has 1 aromatic carbocycles. The van der Waals surface area contributed by atoms with Crippen LogP contribution in [0.5, 0.6) is 0 Å². The molecule has 0 aliphatic heterocycles. The molecule has 1 heterocycles. The Morgan fingerprint density at radius 2 is 2.15 bits per heavy atom. The Balaban J connectivity index is 2.38. The number of fused-ring (bicyclic) bond motifs is 1. The molecule has 0 spiro atoms. The van der Waals surface area contributed by atoms with E-state index in [1.807, 2.05) is 49.2 Å². The lowest BCUT2D eigenvalue weighted by Gasteiger charge is -2.21. The van der Waals surface area contributed by atoms with E-state index in [9.17, 15) is 0 Å². The van der Waals surface area contributed by atoms with Crippen LogP contribution in [0.15, 0.2) is 30.3 Å². The zero-order valence-electron chi connectivity index (χ0n) is 11.8. The summed E-state index contributed by atoms with van der Waals surface area (Å²) in [5.41, 5.74) is 7.57. The molecule has 1 aromatic heterocycles. The van der Waals surface area contributed by atoms with Crippen molar-refractivity contribution in [1.82, 2.24) is 4.98 Å².